The van der Waals surface area contributed by atoms with Crippen LogP contribution < -0.4 is 5.73 Å². The molecule has 0 amide bonds. The zero-order chi connectivity index (χ0) is 13.0. The van der Waals surface area contributed by atoms with Crippen molar-refractivity contribution in [3.05, 3.63) is 29.6 Å². The number of hydrogen-bond donors (Lipinski definition) is 1. The molecule has 0 saturated heterocycles. The molecule has 18 heavy (non-hydrogen) atoms. The fraction of sp³-hybridized carbons (Fsp3) is 0.533. The predicted octanol–water partition coefficient (Wildman–Crippen LogP) is 3.25. The molecule has 0 unspecified atom stereocenters. The van der Waals surface area contributed by atoms with Gasteiger partial charge < -0.3 is 10.3 Å². The van der Waals surface area contributed by atoms with Crippen LogP contribution in [-0.2, 0) is 19.5 Å². The Morgan fingerprint density at radius 2 is 2.06 bits per heavy atom. The molecule has 98 valence electrons. The molecule has 0 aliphatic rings. The molecule has 2 aromatic rings. The van der Waals surface area contributed by atoms with Crippen molar-refractivity contribution in [1.82, 2.24) is 9.55 Å². The third kappa shape index (κ3) is 2.56. The Morgan fingerprint density at radius 1 is 1.22 bits per heavy atom. The highest BCUT2D eigenvalue weighted by Crippen LogP contribution is 2.19. The van der Waals surface area contributed by atoms with Crippen molar-refractivity contribution in [2.45, 2.75) is 52.6 Å². The van der Waals surface area contributed by atoms with Gasteiger partial charge >= 0.3 is 0 Å². The molecule has 3 nitrogen and oxygen atoms in total. The van der Waals surface area contributed by atoms with Gasteiger partial charge in [0.2, 0.25) is 0 Å². The zero-order valence-corrected chi connectivity index (χ0v) is 11.4. The Kier molecular flexibility index (Phi) is 4.37. The first-order chi connectivity index (χ1) is 8.80. The molecule has 2 N–H and O–H groups in total. The number of benzene rings is 1. The number of fused-ring (bicyclic) bond motifs is 1. The van der Waals surface area contributed by atoms with Crippen LogP contribution in [0.4, 0.5) is 0 Å². The summed E-state index contributed by atoms with van der Waals surface area (Å²) in [5.41, 5.74) is 9.19. The molecule has 0 fully saturated rings. The second kappa shape index (κ2) is 6.01. The number of aromatic nitrogens is 2. The molecule has 1 heterocycles. The van der Waals surface area contributed by atoms with E-state index in [0.29, 0.717) is 6.54 Å². The van der Waals surface area contributed by atoms with Crippen LogP contribution in [0.2, 0.25) is 0 Å². The number of nitrogens with zero attached hydrogens (tertiary/aromatic N) is 2. The first kappa shape index (κ1) is 13.1. The van der Waals surface area contributed by atoms with Gasteiger partial charge in [0.25, 0.3) is 0 Å². The number of hydrogen-bond acceptors (Lipinski definition) is 2. The number of nitrogens with two attached hydrogens (primary N) is 1. The van der Waals surface area contributed by atoms with Gasteiger partial charge in [0.05, 0.1) is 11.0 Å². The lowest BCUT2D eigenvalue weighted by Gasteiger charge is -2.07. The van der Waals surface area contributed by atoms with Gasteiger partial charge in [-0.15, -0.1) is 0 Å². The summed E-state index contributed by atoms with van der Waals surface area (Å²) in [5.74, 6) is 1.22. The molecule has 3 heteroatoms. The third-order valence-electron chi connectivity index (χ3n) is 3.33. The number of unbranched alkanes of at least 4 members (excludes halogenated alkanes) is 1. The maximum absolute atomic E-state index is 5.69. The van der Waals surface area contributed by atoms with E-state index in [9.17, 15) is 0 Å². The lowest BCUT2D eigenvalue weighted by Crippen LogP contribution is -2.03. The summed E-state index contributed by atoms with van der Waals surface area (Å²) in [7, 11) is 0. The smallest absolute Gasteiger partial charge is 0.109 e. The Morgan fingerprint density at radius 3 is 2.72 bits per heavy atom. The van der Waals surface area contributed by atoms with Gasteiger partial charge in [-0.2, -0.15) is 0 Å². The van der Waals surface area contributed by atoms with E-state index in [0.717, 1.165) is 30.5 Å². The average Bonchev–Trinajstić information content (AvgIpc) is 2.74. The Bertz CT molecular complexity index is 514. The molecule has 0 radical (unpaired) electrons. The largest absolute Gasteiger partial charge is 0.328 e. The lowest BCUT2D eigenvalue weighted by molar-refractivity contribution is 0.634. The van der Waals surface area contributed by atoms with Gasteiger partial charge in [0, 0.05) is 19.5 Å². The molecule has 0 spiro atoms. The van der Waals surface area contributed by atoms with Crippen LogP contribution in [0.15, 0.2) is 18.2 Å². The Labute approximate surface area is 109 Å². The van der Waals surface area contributed by atoms with Gasteiger partial charge in [-0.1, -0.05) is 26.3 Å². The van der Waals surface area contributed by atoms with Crippen molar-refractivity contribution >= 4 is 11.0 Å². The van der Waals surface area contributed by atoms with Gasteiger partial charge in [-0.3, -0.25) is 0 Å². The minimum atomic E-state index is 0.584. The topological polar surface area (TPSA) is 43.8 Å². The maximum Gasteiger partial charge on any atom is 0.109 e. The first-order valence-electron chi connectivity index (χ1n) is 6.98. The SMILES string of the molecule is CCCCc1nc2cc(CN)ccc2n1CCC. The van der Waals surface area contributed by atoms with Crippen LogP contribution in [0.5, 0.6) is 0 Å². The van der Waals surface area contributed by atoms with Gasteiger partial charge in [0.1, 0.15) is 5.82 Å². The highest BCUT2D eigenvalue weighted by Gasteiger charge is 2.09. The van der Waals surface area contributed by atoms with Crippen LogP contribution in [0, 0.1) is 0 Å². The molecule has 0 bridgehead atoms. The van der Waals surface area contributed by atoms with Crippen LogP contribution in [0.3, 0.4) is 0 Å². The molecule has 0 aliphatic heterocycles. The Hall–Kier alpha value is -1.35. The van der Waals surface area contributed by atoms with Crippen molar-refractivity contribution in [2.75, 3.05) is 0 Å². The Balaban J connectivity index is 2.44. The van der Waals surface area contributed by atoms with Crippen LogP contribution in [0.1, 0.15) is 44.5 Å². The van der Waals surface area contributed by atoms with Gasteiger partial charge in [0.15, 0.2) is 0 Å². The highest BCUT2D eigenvalue weighted by atomic mass is 15.1. The summed E-state index contributed by atoms with van der Waals surface area (Å²) in [6, 6.07) is 6.40. The number of imidazole rings is 1. The van der Waals surface area contributed by atoms with Crippen molar-refractivity contribution in [3.8, 4) is 0 Å². The normalized spacial score (nSPS) is 11.3. The van der Waals surface area contributed by atoms with Crippen molar-refractivity contribution in [1.29, 1.82) is 0 Å². The van der Waals surface area contributed by atoms with E-state index in [-0.39, 0.29) is 0 Å². The number of rotatable bonds is 6. The standard InChI is InChI=1S/C15H23N3/c1-3-5-6-15-17-13-10-12(11-16)7-8-14(13)18(15)9-4-2/h7-8,10H,3-6,9,11,16H2,1-2H3. The first-order valence-corrected chi connectivity index (χ1v) is 6.98. The second-order valence-corrected chi connectivity index (χ2v) is 4.81. The molecule has 1 aromatic carbocycles. The minimum absolute atomic E-state index is 0.584. The van der Waals surface area contributed by atoms with E-state index in [1.54, 1.807) is 0 Å². The number of aryl methyl sites for hydroxylation is 2. The molecule has 0 aliphatic carbocycles. The highest BCUT2D eigenvalue weighted by molar-refractivity contribution is 5.77. The van der Waals surface area contributed by atoms with Crippen molar-refractivity contribution < 1.29 is 0 Å². The van der Waals surface area contributed by atoms with E-state index in [1.165, 1.54) is 24.2 Å². The van der Waals surface area contributed by atoms with E-state index >= 15 is 0 Å². The van der Waals surface area contributed by atoms with E-state index in [4.69, 9.17) is 10.7 Å². The van der Waals surface area contributed by atoms with E-state index in [1.807, 2.05) is 0 Å². The summed E-state index contributed by atoms with van der Waals surface area (Å²) in [5, 5.41) is 0. The van der Waals surface area contributed by atoms with E-state index in [2.05, 4.69) is 36.6 Å². The van der Waals surface area contributed by atoms with E-state index < -0.39 is 0 Å². The monoisotopic (exact) mass is 245 g/mol. The molecule has 0 saturated carbocycles. The summed E-state index contributed by atoms with van der Waals surface area (Å²) in [4.78, 5) is 4.78. The minimum Gasteiger partial charge on any atom is -0.328 e. The zero-order valence-electron chi connectivity index (χ0n) is 11.4. The molecule has 1 aromatic heterocycles. The van der Waals surface area contributed by atoms with Crippen LogP contribution >= 0.6 is 0 Å². The maximum atomic E-state index is 5.69. The van der Waals surface area contributed by atoms with Crippen LogP contribution in [0.25, 0.3) is 11.0 Å². The summed E-state index contributed by atoms with van der Waals surface area (Å²) < 4.78 is 2.37. The third-order valence-corrected chi connectivity index (χ3v) is 3.33. The fourth-order valence-electron chi connectivity index (χ4n) is 2.35. The quantitative estimate of drug-likeness (QED) is 0.849. The summed E-state index contributed by atoms with van der Waals surface area (Å²) in [6.45, 7) is 6.07. The molecular formula is C15H23N3. The summed E-state index contributed by atoms with van der Waals surface area (Å²) >= 11 is 0. The molecular weight excluding hydrogens is 222 g/mol. The van der Waals surface area contributed by atoms with Crippen molar-refractivity contribution in [2.24, 2.45) is 5.73 Å². The lowest BCUT2D eigenvalue weighted by atomic mass is 10.2. The van der Waals surface area contributed by atoms with Crippen LogP contribution in [-0.4, -0.2) is 9.55 Å². The average molecular weight is 245 g/mol. The summed E-state index contributed by atoms with van der Waals surface area (Å²) in [6.07, 6.45) is 4.63. The predicted molar refractivity (Wildman–Crippen MR) is 76.5 cm³/mol. The fourth-order valence-corrected chi connectivity index (χ4v) is 2.35. The van der Waals surface area contributed by atoms with Gasteiger partial charge in [-0.25, -0.2) is 4.98 Å². The molecule has 2 rings (SSSR count). The van der Waals surface area contributed by atoms with Crippen molar-refractivity contribution in [3.63, 3.8) is 0 Å². The molecule has 0 atom stereocenters. The van der Waals surface area contributed by atoms with Gasteiger partial charge in [-0.05, 0) is 30.5 Å². The second-order valence-electron chi connectivity index (χ2n) is 4.81.